The molecule has 0 spiro atoms. The number of benzene rings is 2. The van der Waals surface area contributed by atoms with Crippen LogP contribution in [0.5, 0.6) is 5.75 Å². The molecule has 0 saturated heterocycles. The lowest BCUT2D eigenvalue weighted by molar-refractivity contribution is 0.341. The zero-order chi connectivity index (χ0) is 13.0. The SMILES string of the molecule is CCOc1ccc2cc(CC(N)CC)ccc2c1.Cl. The fourth-order valence-electron chi connectivity index (χ4n) is 2.10. The van der Waals surface area contributed by atoms with Crippen molar-refractivity contribution in [3.05, 3.63) is 42.0 Å². The third-order valence-corrected chi connectivity index (χ3v) is 3.21. The molecule has 0 bridgehead atoms. The van der Waals surface area contributed by atoms with E-state index in [-0.39, 0.29) is 18.4 Å². The molecule has 3 heteroatoms. The van der Waals surface area contributed by atoms with E-state index in [0.29, 0.717) is 6.61 Å². The summed E-state index contributed by atoms with van der Waals surface area (Å²) in [6, 6.07) is 13.0. The van der Waals surface area contributed by atoms with Crippen molar-refractivity contribution in [1.29, 1.82) is 0 Å². The van der Waals surface area contributed by atoms with E-state index >= 15 is 0 Å². The van der Waals surface area contributed by atoms with Gasteiger partial charge in [0.15, 0.2) is 0 Å². The summed E-state index contributed by atoms with van der Waals surface area (Å²) in [6.45, 7) is 4.83. The fraction of sp³-hybridized carbons (Fsp3) is 0.375. The molecule has 2 nitrogen and oxygen atoms in total. The lowest BCUT2D eigenvalue weighted by Gasteiger charge is -2.10. The Morgan fingerprint density at radius 2 is 1.74 bits per heavy atom. The highest BCUT2D eigenvalue weighted by atomic mass is 35.5. The van der Waals surface area contributed by atoms with Crippen molar-refractivity contribution in [2.45, 2.75) is 32.7 Å². The Morgan fingerprint density at radius 1 is 1.05 bits per heavy atom. The summed E-state index contributed by atoms with van der Waals surface area (Å²) >= 11 is 0. The number of nitrogens with two attached hydrogens (primary N) is 1. The monoisotopic (exact) mass is 279 g/mol. The van der Waals surface area contributed by atoms with Crippen molar-refractivity contribution in [2.75, 3.05) is 6.61 Å². The maximum atomic E-state index is 5.99. The first kappa shape index (κ1) is 15.8. The Labute approximate surface area is 121 Å². The van der Waals surface area contributed by atoms with E-state index < -0.39 is 0 Å². The molecule has 2 rings (SSSR count). The summed E-state index contributed by atoms with van der Waals surface area (Å²) < 4.78 is 5.51. The molecule has 1 unspecified atom stereocenters. The van der Waals surface area contributed by atoms with Crippen molar-refractivity contribution in [2.24, 2.45) is 5.73 Å². The smallest absolute Gasteiger partial charge is 0.119 e. The van der Waals surface area contributed by atoms with Crippen LogP contribution in [0.3, 0.4) is 0 Å². The summed E-state index contributed by atoms with van der Waals surface area (Å²) in [7, 11) is 0. The van der Waals surface area contributed by atoms with Gasteiger partial charge in [-0.1, -0.05) is 31.2 Å². The first-order chi connectivity index (χ1) is 8.72. The summed E-state index contributed by atoms with van der Waals surface area (Å²) in [5, 5.41) is 2.47. The van der Waals surface area contributed by atoms with Gasteiger partial charge in [0, 0.05) is 6.04 Å². The van der Waals surface area contributed by atoms with Gasteiger partial charge in [-0.05, 0) is 48.2 Å². The highest BCUT2D eigenvalue weighted by molar-refractivity contribution is 5.85. The zero-order valence-electron chi connectivity index (χ0n) is 11.6. The molecule has 0 radical (unpaired) electrons. The number of halogens is 1. The van der Waals surface area contributed by atoms with Gasteiger partial charge in [0.25, 0.3) is 0 Å². The first-order valence-corrected chi connectivity index (χ1v) is 6.64. The lowest BCUT2D eigenvalue weighted by atomic mass is 10.0. The largest absolute Gasteiger partial charge is 0.494 e. The molecule has 0 amide bonds. The van der Waals surface area contributed by atoms with E-state index in [1.165, 1.54) is 16.3 Å². The molecule has 2 aromatic rings. The molecule has 0 heterocycles. The molecule has 0 fully saturated rings. The minimum absolute atomic E-state index is 0. The Balaban J connectivity index is 0.00000180. The minimum Gasteiger partial charge on any atom is -0.494 e. The normalized spacial score (nSPS) is 11.9. The zero-order valence-corrected chi connectivity index (χ0v) is 12.4. The molecule has 2 N–H and O–H groups in total. The Bertz CT molecular complexity index is 527. The summed E-state index contributed by atoms with van der Waals surface area (Å²) in [6.07, 6.45) is 1.96. The van der Waals surface area contributed by atoms with Crippen LogP contribution in [0.4, 0.5) is 0 Å². The second-order valence-corrected chi connectivity index (χ2v) is 4.65. The molecule has 19 heavy (non-hydrogen) atoms. The van der Waals surface area contributed by atoms with Crippen molar-refractivity contribution >= 4 is 23.2 Å². The van der Waals surface area contributed by atoms with E-state index in [2.05, 4.69) is 37.3 Å². The molecule has 104 valence electrons. The summed E-state index contributed by atoms with van der Waals surface area (Å²) in [4.78, 5) is 0. The third kappa shape index (κ3) is 4.12. The lowest BCUT2D eigenvalue weighted by Crippen LogP contribution is -2.21. The van der Waals surface area contributed by atoms with Crippen LogP contribution in [0.2, 0.25) is 0 Å². The van der Waals surface area contributed by atoms with Gasteiger partial charge in [0.2, 0.25) is 0 Å². The van der Waals surface area contributed by atoms with Crippen LogP contribution < -0.4 is 10.5 Å². The molecule has 0 aromatic heterocycles. The quantitative estimate of drug-likeness (QED) is 0.900. The van der Waals surface area contributed by atoms with Crippen LogP contribution in [0.1, 0.15) is 25.8 Å². The van der Waals surface area contributed by atoms with Gasteiger partial charge < -0.3 is 10.5 Å². The Morgan fingerprint density at radius 3 is 2.42 bits per heavy atom. The van der Waals surface area contributed by atoms with Gasteiger partial charge in [-0.2, -0.15) is 0 Å². The van der Waals surface area contributed by atoms with Gasteiger partial charge in [0.1, 0.15) is 5.75 Å². The second kappa shape index (κ2) is 7.37. The van der Waals surface area contributed by atoms with E-state index in [4.69, 9.17) is 10.5 Å². The number of rotatable bonds is 5. The summed E-state index contributed by atoms with van der Waals surface area (Å²) in [5.74, 6) is 0.933. The number of ether oxygens (including phenoxy) is 1. The standard InChI is InChI=1S/C16H21NO.ClH/c1-3-15(17)10-12-5-6-14-11-16(18-4-2)8-7-13(14)9-12;/h5-9,11,15H,3-4,10,17H2,1-2H3;1H. The van der Waals surface area contributed by atoms with Crippen LogP contribution >= 0.6 is 12.4 Å². The third-order valence-electron chi connectivity index (χ3n) is 3.21. The number of fused-ring (bicyclic) bond motifs is 1. The number of hydrogen-bond acceptors (Lipinski definition) is 2. The fourth-order valence-corrected chi connectivity index (χ4v) is 2.10. The maximum Gasteiger partial charge on any atom is 0.119 e. The average Bonchev–Trinajstić information content (AvgIpc) is 2.39. The van der Waals surface area contributed by atoms with Crippen LogP contribution in [0, 0.1) is 0 Å². The molecule has 0 aliphatic carbocycles. The van der Waals surface area contributed by atoms with Gasteiger partial charge in [-0.3, -0.25) is 0 Å². The molecule has 1 atom stereocenters. The summed E-state index contributed by atoms with van der Waals surface area (Å²) in [5.41, 5.74) is 7.30. The van der Waals surface area contributed by atoms with Crippen LogP contribution in [-0.2, 0) is 6.42 Å². The Kier molecular flexibility index (Phi) is 6.13. The van der Waals surface area contributed by atoms with Gasteiger partial charge in [0.05, 0.1) is 6.61 Å². The molecule has 0 aliphatic rings. The average molecular weight is 280 g/mol. The number of hydrogen-bond donors (Lipinski definition) is 1. The second-order valence-electron chi connectivity index (χ2n) is 4.65. The maximum absolute atomic E-state index is 5.99. The van der Waals surface area contributed by atoms with Crippen molar-refractivity contribution in [3.63, 3.8) is 0 Å². The van der Waals surface area contributed by atoms with Crippen LogP contribution in [0.25, 0.3) is 10.8 Å². The van der Waals surface area contributed by atoms with E-state index in [1.54, 1.807) is 0 Å². The van der Waals surface area contributed by atoms with Crippen molar-refractivity contribution in [3.8, 4) is 5.75 Å². The molecule has 0 saturated carbocycles. The van der Waals surface area contributed by atoms with Gasteiger partial charge in [-0.25, -0.2) is 0 Å². The van der Waals surface area contributed by atoms with Gasteiger partial charge in [-0.15, -0.1) is 12.4 Å². The van der Waals surface area contributed by atoms with Crippen molar-refractivity contribution < 1.29 is 4.74 Å². The topological polar surface area (TPSA) is 35.2 Å². The molecular formula is C16H22ClNO. The van der Waals surface area contributed by atoms with E-state index in [9.17, 15) is 0 Å². The van der Waals surface area contributed by atoms with E-state index in [1.807, 2.05) is 13.0 Å². The predicted molar refractivity (Wildman–Crippen MR) is 84.3 cm³/mol. The minimum atomic E-state index is 0. The molecule has 2 aromatic carbocycles. The van der Waals surface area contributed by atoms with E-state index in [0.717, 1.165) is 18.6 Å². The van der Waals surface area contributed by atoms with Crippen LogP contribution in [-0.4, -0.2) is 12.6 Å². The highest BCUT2D eigenvalue weighted by Gasteiger charge is 2.03. The first-order valence-electron chi connectivity index (χ1n) is 6.64. The van der Waals surface area contributed by atoms with Gasteiger partial charge >= 0.3 is 0 Å². The predicted octanol–water partition coefficient (Wildman–Crippen LogP) is 3.94. The molecule has 0 aliphatic heterocycles. The highest BCUT2D eigenvalue weighted by Crippen LogP contribution is 2.22. The van der Waals surface area contributed by atoms with Crippen LogP contribution in [0.15, 0.2) is 36.4 Å². The van der Waals surface area contributed by atoms with Crippen molar-refractivity contribution in [1.82, 2.24) is 0 Å². The Hall–Kier alpha value is -1.25. The molecular weight excluding hydrogens is 258 g/mol.